The molecule has 2 aliphatic heterocycles. The molecule has 0 radical (unpaired) electrons. The summed E-state index contributed by atoms with van der Waals surface area (Å²) in [6, 6.07) is 1.25. The first-order chi connectivity index (χ1) is 9.49. The Labute approximate surface area is 122 Å². The fourth-order valence-corrected chi connectivity index (χ4v) is 4.35. The number of fused-ring (bicyclic) bond motifs is 2. The van der Waals surface area contributed by atoms with E-state index in [9.17, 15) is 8.42 Å². The van der Waals surface area contributed by atoms with Crippen molar-refractivity contribution in [3.8, 4) is 0 Å². The van der Waals surface area contributed by atoms with Crippen LogP contribution >= 0.6 is 11.6 Å². The summed E-state index contributed by atoms with van der Waals surface area (Å²) in [5.41, 5.74) is 0. The van der Waals surface area contributed by atoms with Crippen LogP contribution in [0.25, 0.3) is 0 Å². The predicted octanol–water partition coefficient (Wildman–Crippen LogP) is 1.37. The van der Waals surface area contributed by atoms with Gasteiger partial charge in [0.2, 0.25) is 10.0 Å². The molecule has 8 heteroatoms. The van der Waals surface area contributed by atoms with Gasteiger partial charge in [0.25, 0.3) is 0 Å². The number of hydrogen-bond acceptors (Lipinski definition) is 5. The van der Waals surface area contributed by atoms with Crippen molar-refractivity contribution in [2.24, 2.45) is 0 Å². The zero-order chi connectivity index (χ0) is 14.3. The predicted molar refractivity (Wildman–Crippen MR) is 75.4 cm³/mol. The summed E-state index contributed by atoms with van der Waals surface area (Å²) in [4.78, 5) is 4.07. The van der Waals surface area contributed by atoms with Crippen LogP contribution in [0.2, 0.25) is 5.02 Å². The largest absolute Gasteiger partial charge is 0.373 e. The van der Waals surface area contributed by atoms with Gasteiger partial charge in [-0.05, 0) is 25.3 Å². The van der Waals surface area contributed by atoms with Crippen LogP contribution < -0.4 is 10.0 Å². The number of sulfonamides is 1. The van der Waals surface area contributed by atoms with Crippen LogP contribution in [0, 0.1) is 0 Å². The van der Waals surface area contributed by atoms with Crippen LogP contribution in [-0.2, 0) is 14.8 Å². The number of hydrogen-bond donors (Lipinski definition) is 2. The molecule has 2 saturated heterocycles. The molecule has 0 aliphatic carbocycles. The zero-order valence-corrected chi connectivity index (χ0v) is 12.5. The summed E-state index contributed by atoms with van der Waals surface area (Å²) in [7, 11) is -1.94. The van der Waals surface area contributed by atoms with Crippen molar-refractivity contribution in [1.82, 2.24) is 9.71 Å². The van der Waals surface area contributed by atoms with E-state index in [-0.39, 0.29) is 28.2 Å². The molecule has 2 N–H and O–H groups in total. The van der Waals surface area contributed by atoms with Crippen LogP contribution in [0.3, 0.4) is 0 Å². The summed E-state index contributed by atoms with van der Waals surface area (Å²) in [5, 5.41) is 3.07. The Hall–Kier alpha value is -0.890. The fourth-order valence-electron chi connectivity index (χ4n) is 2.78. The molecule has 0 saturated carbocycles. The van der Waals surface area contributed by atoms with Crippen molar-refractivity contribution in [3.63, 3.8) is 0 Å². The highest BCUT2D eigenvalue weighted by Gasteiger charge is 2.42. The molecule has 1 aromatic rings. The summed E-state index contributed by atoms with van der Waals surface area (Å²) in [6.07, 6.45) is 4.16. The normalized spacial score (nSPS) is 28.8. The Morgan fingerprint density at radius 3 is 2.80 bits per heavy atom. The van der Waals surface area contributed by atoms with Gasteiger partial charge in [-0.2, -0.15) is 0 Å². The second-order valence-electron chi connectivity index (χ2n) is 5.09. The van der Waals surface area contributed by atoms with Gasteiger partial charge in [0.1, 0.15) is 10.7 Å². The van der Waals surface area contributed by atoms with Gasteiger partial charge in [-0.1, -0.05) is 11.6 Å². The Morgan fingerprint density at radius 1 is 1.45 bits per heavy atom. The minimum absolute atomic E-state index is 0.00483. The van der Waals surface area contributed by atoms with Crippen molar-refractivity contribution in [1.29, 1.82) is 0 Å². The Kier molecular flexibility index (Phi) is 3.62. The first kappa shape index (κ1) is 14.1. The quantitative estimate of drug-likeness (QED) is 0.877. The molecule has 2 bridgehead atoms. The lowest BCUT2D eigenvalue weighted by atomic mass is 9.96. The number of rotatable bonds is 4. The van der Waals surface area contributed by atoms with Crippen molar-refractivity contribution in [3.05, 3.63) is 17.3 Å². The third-order valence-corrected chi connectivity index (χ3v) is 5.52. The first-order valence-corrected chi connectivity index (χ1v) is 8.37. The summed E-state index contributed by atoms with van der Waals surface area (Å²) in [5.74, 6) is 0.453. The highest BCUT2D eigenvalue weighted by Crippen LogP contribution is 2.35. The van der Waals surface area contributed by atoms with E-state index in [0.29, 0.717) is 5.82 Å². The number of nitrogens with zero attached hydrogens (tertiary/aromatic N) is 1. The lowest BCUT2D eigenvalue weighted by Crippen LogP contribution is -2.41. The van der Waals surface area contributed by atoms with Crippen LogP contribution in [0.1, 0.15) is 19.3 Å². The molecule has 0 spiro atoms. The third kappa shape index (κ3) is 2.50. The second-order valence-corrected chi connectivity index (χ2v) is 7.21. The highest BCUT2D eigenvalue weighted by molar-refractivity contribution is 7.89. The maximum Gasteiger partial charge on any atom is 0.242 e. The molecule has 1 aromatic heterocycles. The average molecular weight is 318 g/mol. The molecule has 110 valence electrons. The number of pyridine rings is 1. The van der Waals surface area contributed by atoms with Crippen LogP contribution in [0.4, 0.5) is 5.82 Å². The Bertz CT molecular complexity index is 622. The molecule has 0 amide bonds. The van der Waals surface area contributed by atoms with Crippen molar-refractivity contribution >= 4 is 27.4 Å². The molecule has 0 aromatic carbocycles. The van der Waals surface area contributed by atoms with E-state index in [1.807, 2.05) is 0 Å². The smallest absolute Gasteiger partial charge is 0.242 e. The van der Waals surface area contributed by atoms with Crippen molar-refractivity contribution < 1.29 is 13.2 Å². The van der Waals surface area contributed by atoms with Gasteiger partial charge in [0.05, 0.1) is 23.3 Å². The lowest BCUT2D eigenvalue weighted by molar-refractivity contribution is 0.0996. The molecular formula is C12H16ClN3O3S. The average Bonchev–Trinajstić information content (AvgIpc) is 3.00. The number of nitrogens with one attached hydrogen (secondary N) is 2. The molecule has 3 atom stereocenters. The highest BCUT2D eigenvalue weighted by atomic mass is 35.5. The van der Waals surface area contributed by atoms with Gasteiger partial charge in [-0.15, -0.1) is 0 Å². The molecule has 3 heterocycles. The Morgan fingerprint density at radius 2 is 2.25 bits per heavy atom. The monoisotopic (exact) mass is 317 g/mol. The maximum atomic E-state index is 12.3. The molecule has 20 heavy (non-hydrogen) atoms. The van der Waals surface area contributed by atoms with Gasteiger partial charge in [0, 0.05) is 13.2 Å². The number of ether oxygens (including phenoxy) is 1. The van der Waals surface area contributed by atoms with Gasteiger partial charge in [-0.25, -0.2) is 18.1 Å². The molecule has 2 aliphatic rings. The molecule has 3 rings (SSSR count). The van der Waals surface area contributed by atoms with E-state index in [2.05, 4.69) is 15.0 Å². The second kappa shape index (κ2) is 5.14. The van der Waals surface area contributed by atoms with Crippen LogP contribution in [0.5, 0.6) is 0 Å². The van der Waals surface area contributed by atoms with E-state index >= 15 is 0 Å². The number of halogens is 1. The summed E-state index contributed by atoms with van der Waals surface area (Å²) in [6.45, 7) is 0. The molecule has 3 unspecified atom stereocenters. The molecule has 6 nitrogen and oxygen atoms in total. The van der Waals surface area contributed by atoms with E-state index in [4.69, 9.17) is 16.3 Å². The van der Waals surface area contributed by atoms with E-state index in [1.165, 1.54) is 12.3 Å². The van der Waals surface area contributed by atoms with Gasteiger partial charge in [0.15, 0.2) is 0 Å². The summed E-state index contributed by atoms with van der Waals surface area (Å²) >= 11 is 5.97. The number of aromatic nitrogens is 1. The molecular weight excluding hydrogens is 302 g/mol. The maximum absolute atomic E-state index is 12.3. The Balaban J connectivity index is 1.79. The minimum Gasteiger partial charge on any atom is -0.373 e. The standard InChI is InChI=1S/C12H16ClN3O3S/c1-14-12-9(13)5-8(6-15-12)20(17,18)16-10-4-7-2-3-11(10)19-7/h5-7,10-11,16H,2-4H2,1H3,(H,14,15). The van der Waals surface area contributed by atoms with Crippen LogP contribution in [0.15, 0.2) is 17.2 Å². The van der Waals surface area contributed by atoms with Crippen molar-refractivity contribution in [2.75, 3.05) is 12.4 Å². The third-order valence-electron chi connectivity index (χ3n) is 3.78. The van der Waals surface area contributed by atoms with Gasteiger partial charge < -0.3 is 10.1 Å². The van der Waals surface area contributed by atoms with Gasteiger partial charge >= 0.3 is 0 Å². The summed E-state index contributed by atoms with van der Waals surface area (Å²) < 4.78 is 33.0. The number of anilines is 1. The SMILES string of the molecule is CNc1ncc(S(=O)(=O)NC2CC3CCC2O3)cc1Cl. The van der Waals surface area contributed by atoms with E-state index in [1.54, 1.807) is 7.05 Å². The van der Waals surface area contributed by atoms with Crippen molar-refractivity contribution in [2.45, 2.75) is 42.4 Å². The minimum atomic E-state index is -3.62. The van der Waals surface area contributed by atoms with Gasteiger partial charge in [-0.3, -0.25) is 0 Å². The zero-order valence-electron chi connectivity index (χ0n) is 11.0. The first-order valence-electron chi connectivity index (χ1n) is 6.50. The topological polar surface area (TPSA) is 80.3 Å². The van der Waals surface area contributed by atoms with Crippen LogP contribution in [-0.4, -0.2) is 38.7 Å². The fraction of sp³-hybridized carbons (Fsp3) is 0.583. The molecule has 2 fully saturated rings. The van der Waals surface area contributed by atoms with E-state index in [0.717, 1.165) is 19.3 Å². The lowest BCUT2D eigenvalue weighted by Gasteiger charge is -2.20. The van der Waals surface area contributed by atoms with E-state index < -0.39 is 10.0 Å².